The van der Waals surface area contributed by atoms with Crippen molar-refractivity contribution in [1.29, 1.82) is 0 Å². The molecule has 5 N–H and O–H groups in total. The molecule has 0 unspecified atom stereocenters. The van der Waals surface area contributed by atoms with Crippen LogP contribution in [0, 0.1) is 5.82 Å². The summed E-state index contributed by atoms with van der Waals surface area (Å²) in [6, 6.07) is 5.20. The Morgan fingerprint density at radius 3 is 2.81 bits per heavy atom. The Labute approximate surface area is 154 Å². The number of aromatic amines is 1. The number of nitrogens with one attached hydrogen (secondary N) is 1. The highest BCUT2D eigenvalue weighted by Crippen LogP contribution is 2.22. The molecule has 0 radical (unpaired) electrons. The third kappa shape index (κ3) is 3.13. The zero-order chi connectivity index (χ0) is 19.1. The van der Waals surface area contributed by atoms with Crippen molar-refractivity contribution >= 4 is 35.0 Å². The second-order valence-corrected chi connectivity index (χ2v) is 5.92. The minimum Gasteiger partial charge on any atom is -0.494 e. The molecule has 0 aliphatic carbocycles. The number of aromatic hydroxyl groups is 2. The van der Waals surface area contributed by atoms with Gasteiger partial charge < -0.3 is 15.9 Å². The molecule has 4 aromatic heterocycles. The first-order valence-electron chi connectivity index (χ1n) is 7.54. The average Bonchev–Trinajstić information content (AvgIpc) is 3.15. The smallest absolute Gasteiger partial charge is 0.198 e. The van der Waals surface area contributed by atoms with Crippen LogP contribution in [-0.4, -0.2) is 34.8 Å². The van der Waals surface area contributed by atoms with E-state index in [1.807, 2.05) is 0 Å². The molecule has 4 heterocycles. The van der Waals surface area contributed by atoms with Crippen LogP contribution in [0.15, 0.2) is 35.5 Å². The molecule has 0 spiro atoms. The molecule has 9 nitrogen and oxygen atoms in total. The van der Waals surface area contributed by atoms with Crippen molar-refractivity contribution in [2.24, 2.45) is 4.99 Å². The van der Waals surface area contributed by atoms with Crippen molar-refractivity contribution < 1.29 is 14.6 Å². The van der Waals surface area contributed by atoms with Gasteiger partial charge in [-0.25, -0.2) is 19.4 Å². The molecule has 0 aliphatic rings. The van der Waals surface area contributed by atoms with Gasteiger partial charge in [-0.1, -0.05) is 11.6 Å². The summed E-state index contributed by atoms with van der Waals surface area (Å²) in [5.41, 5.74) is 6.71. The number of nitrogen functional groups attached to an aromatic ring is 1. The maximum Gasteiger partial charge on any atom is 0.198 e. The first-order chi connectivity index (χ1) is 12.9. The van der Waals surface area contributed by atoms with Crippen molar-refractivity contribution in [2.75, 3.05) is 5.73 Å². The number of hydrogen-bond acceptors (Lipinski definition) is 7. The summed E-state index contributed by atoms with van der Waals surface area (Å²) < 4.78 is 15.2. The van der Waals surface area contributed by atoms with Crippen molar-refractivity contribution in [3.63, 3.8) is 0 Å². The van der Waals surface area contributed by atoms with Gasteiger partial charge in [0.05, 0.1) is 6.20 Å². The van der Waals surface area contributed by atoms with Crippen LogP contribution in [0.2, 0.25) is 5.15 Å². The summed E-state index contributed by atoms with van der Waals surface area (Å²) in [7, 11) is 0. The number of halogens is 2. The quantitative estimate of drug-likeness (QED) is 0.379. The number of anilines is 1. The topological polar surface area (TPSA) is 138 Å². The van der Waals surface area contributed by atoms with Crippen LogP contribution in [0.25, 0.3) is 11.7 Å². The number of pyridine rings is 1. The van der Waals surface area contributed by atoms with E-state index in [1.165, 1.54) is 28.9 Å². The highest BCUT2D eigenvalue weighted by molar-refractivity contribution is 6.29. The molecule has 0 amide bonds. The van der Waals surface area contributed by atoms with Crippen molar-refractivity contribution in [3.8, 4) is 11.8 Å². The van der Waals surface area contributed by atoms with E-state index in [0.29, 0.717) is 16.4 Å². The third-order valence-corrected chi connectivity index (χ3v) is 3.86. The molecule has 4 rings (SSSR count). The first-order valence-corrected chi connectivity index (χ1v) is 7.92. The number of aromatic nitrogens is 5. The highest BCUT2D eigenvalue weighted by atomic mass is 35.5. The van der Waals surface area contributed by atoms with Crippen LogP contribution in [0.5, 0.6) is 11.8 Å². The number of hydrogen-bond donors (Lipinski definition) is 4. The zero-order valence-corrected chi connectivity index (χ0v) is 14.2. The van der Waals surface area contributed by atoms with E-state index in [-0.39, 0.29) is 34.0 Å². The van der Waals surface area contributed by atoms with Gasteiger partial charge >= 0.3 is 0 Å². The maximum absolute atomic E-state index is 13.9. The zero-order valence-electron chi connectivity index (χ0n) is 13.4. The van der Waals surface area contributed by atoms with Gasteiger partial charge in [0, 0.05) is 22.9 Å². The summed E-state index contributed by atoms with van der Waals surface area (Å²) in [4.78, 5) is 14.5. The molecule has 0 aliphatic heterocycles. The summed E-state index contributed by atoms with van der Waals surface area (Å²) >= 11 is 5.78. The lowest BCUT2D eigenvalue weighted by molar-refractivity contribution is 0.425. The van der Waals surface area contributed by atoms with E-state index in [0.717, 1.165) is 6.07 Å². The minimum absolute atomic E-state index is 0.0883. The number of rotatable bonds is 2. The van der Waals surface area contributed by atoms with Crippen molar-refractivity contribution in [2.45, 2.75) is 0 Å². The standard InChI is InChI=1S/C16H11ClFN7O2/c17-10-2-1-9(18)14(21-10)22-12-5-11(19)25-15(23-12)8(6-20-25)3-7-4-13(26)24-16(7)27/h1-6,24,26-27H,19H2. The molecule has 0 atom stereocenters. The third-order valence-electron chi connectivity index (χ3n) is 3.65. The van der Waals surface area contributed by atoms with Crippen LogP contribution in [0.3, 0.4) is 0 Å². The van der Waals surface area contributed by atoms with Gasteiger partial charge in [-0.05, 0) is 18.2 Å². The Morgan fingerprint density at radius 2 is 2.07 bits per heavy atom. The predicted octanol–water partition coefficient (Wildman–Crippen LogP) is 1.02. The second kappa shape index (κ2) is 6.25. The van der Waals surface area contributed by atoms with Gasteiger partial charge in [0.15, 0.2) is 34.5 Å². The summed E-state index contributed by atoms with van der Waals surface area (Å²) in [5, 5.41) is 23.9. The molecule has 0 aromatic carbocycles. The Bertz CT molecular complexity index is 1300. The summed E-state index contributed by atoms with van der Waals surface area (Å²) in [6.45, 7) is 0. The van der Waals surface area contributed by atoms with E-state index < -0.39 is 5.82 Å². The average molecular weight is 388 g/mol. The minimum atomic E-state index is -0.660. The van der Waals surface area contributed by atoms with E-state index >= 15 is 0 Å². The number of fused-ring (bicyclic) bond motifs is 1. The molecule has 0 saturated carbocycles. The molecule has 0 fully saturated rings. The fourth-order valence-corrected chi connectivity index (χ4v) is 2.61. The summed E-state index contributed by atoms with van der Waals surface area (Å²) in [5.74, 6) is -1.08. The molecular weight excluding hydrogens is 377 g/mol. The lowest BCUT2D eigenvalue weighted by Gasteiger charge is -1.99. The molecule has 0 bridgehead atoms. The molecule has 27 heavy (non-hydrogen) atoms. The SMILES string of the molecule is Nc1cc(=Nc2nc(Cl)ccc2F)nc2c(=Cc3cc(O)[nH]c3O)cnn12. The second-order valence-electron chi connectivity index (χ2n) is 5.53. The Kier molecular flexibility index (Phi) is 3.89. The maximum atomic E-state index is 13.9. The van der Waals surface area contributed by atoms with Crippen LogP contribution < -0.4 is 16.4 Å². The predicted molar refractivity (Wildman–Crippen MR) is 94.7 cm³/mol. The van der Waals surface area contributed by atoms with Gasteiger partial charge in [0.2, 0.25) is 0 Å². The monoisotopic (exact) mass is 387 g/mol. The Balaban J connectivity index is 1.94. The summed E-state index contributed by atoms with van der Waals surface area (Å²) in [6.07, 6.45) is 3.02. The van der Waals surface area contributed by atoms with Gasteiger partial charge in [0.1, 0.15) is 11.0 Å². The van der Waals surface area contributed by atoms with Crippen LogP contribution in [0.4, 0.5) is 16.0 Å². The van der Waals surface area contributed by atoms with Gasteiger partial charge in [-0.15, -0.1) is 0 Å². The number of H-pyrrole nitrogens is 1. The lowest BCUT2D eigenvalue weighted by atomic mass is 10.2. The largest absolute Gasteiger partial charge is 0.494 e. The first kappa shape index (κ1) is 16.8. The lowest BCUT2D eigenvalue weighted by Crippen LogP contribution is -2.16. The Morgan fingerprint density at radius 1 is 1.26 bits per heavy atom. The fraction of sp³-hybridized carbons (Fsp3) is 0. The van der Waals surface area contributed by atoms with Gasteiger partial charge in [-0.3, -0.25) is 4.98 Å². The van der Waals surface area contributed by atoms with Gasteiger partial charge in [0.25, 0.3) is 0 Å². The number of nitrogens with two attached hydrogens (primary N) is 1. The van der Waals surface area contributed by atoms with Gasteiger partial charge in [-0.2, -0.15) is 9.61 Å². The normalized spacial score (nSPS) is 13.0. The van der Waals surface area contributed by atoms with E-state index in [9.17, 15) is 14.6 Å². The molecule has 136 valence electrons. The number of nitrogens with zero attached hydrogens (tertiary/aromatic N) is 5. The Hall–Kier alpha value is -3.66. The van der Waals surface area contributed by atoms with E-state index in [2.05, 4.69) is 25.0 Å². The fourth-order valence-electron chi connectivity index (χ4n) is 2.47. The van der Waals surface area contributed by atoms with Crippen molar-refractivity contribution in [3.05, 3.63) is 57.7 Å². The highest BCUT2D eigenvalue weighted by Gasteiger charge is 2.08. The van der Waals surface area contributed by atoms with Crippen LogP contribution >= 0.6 is 11.6 Å². The molecule has 11 heteroatoms. The molecular formula is C16H11ClFN7O2. The molecule has 4 aromatic rings. The van der Waals surface area contributed by atoms with E-state index in [1.54, 1.807) is 6.08 Å². The van der Waals surface area contributed by atoms with Crippen molar-refractivity contribution in [1.82, 2.24) is 24.6 Å². The van der Waals surface area contributed by atoms with E-state index in [4.69, 9.17) is 17.3 Å². The molecule has 0 saturated heterocycles. The van der Waals surface area contributed by atoms with Crippen LogP contribution in [-0.2, 0) is 0 Å². The van der Waals surface area contributed by atoms with Crippen LogP contribution in [0.1, 0.15) is 5.56 Å².